The number of halogens is 1. The van der Waals surface area contributed by atoms with Gasteiger partial charge in [0.1, 0.15) is 11.8 Å². The summed E-state index contributed by atoms with van der Waals surface area (Å²) in [5.74, 6) is 1.70. The quantitative estimate of drug-likeness (QED) is 0.371. The van der Waals surface area contributed by atoms with Crippen LogP contribution in [-0.2, 0) is 18.8 Å². The van der Waals surface area contributed by atoms with E-state index < -0.39 is 23.0 Å². The van der Waals surface area contributed by atoms with Crippen LogP contribution in [0.15, 0.2) is 0 Å². The van der Waals surface area contributed by atoms with Crippen molar-refractivity contribution in [2.45, 2.75) is 141 Å². The van der Waals surface area contributed by atoms with Gasteiger partial charge in [0, 0.05) is 26.1 Å². The molecule has 4 aliphatic rings. The van der Waals surface area contributed by atoms with Gasteiger partial charge in [0.05, 0.1) is 11.2 Å². The molecule has 5 unspecified atom stereocenters. The van der Waals surface area contributed by atoms with E-state index >= 15 is 0 Å². The molecular formula is C31H54BFN2O5. The molecule has 2 saturated heterocycles. The molecule has 4 rings (SSSR count). The zero-order valence-electron chi connectivity index (χ0n) is 26.1. The highest BCUT2D eigenvalue weighted by Crippen LogP contribution is 2.46. The van der Waals surface area contributed by atoms with Gasteiger partial charge in [-0.15, -0.1) is 0 Å². The Hall–Kier alpha value is -1.35. The molecule has 7 nitrogen and oxygen atoms in total. The van der Waals surface area contributed by atoms with Crippen LogP contribution in [0.4, 0.5) is 9.18 Å². The number of nitrogens with zero attached hydrogens (tertiary/aromatic N) is 1. The van der Waals surface area contributed by atoms with Crippen molar-refractivity contribution in [2.75, 3.05) is 19.6 Å². The van der Waals surface area contributed by atoms with Gasteiger partial charge in [0.2, 0.25) is 5.91 Å². The highest BCUT2D eigenvalue weighted by atomic mass is 19.1. The van der Waals surface area contributed by atoms with Crippen LogP contribution in [-0.4, -0.2) is 66.6 Å². The maximum atomic E-state index is 15.0. The number of piperidine rings is 1. The van der Waals surface area contributed by atoms with Crippen LogP contribution in [0.2, 0.25) is 5.82 Å². The summed E-state index contributed by atoms with van der Waals surface area (Å²) in [6.07, 6.45) is 7.58. The molecule has 1 N–H and O–H groups in total. The zero-order chi connectivity index (χ0) is 29.3. The molecule has 9 heteroatoms. The molecule has 2 amide bonds. The third kappa shape index (κ3) is 7.93. The van der Waals surface area contributed by atoms with Crippen LogP contribution in [0.1, 0.15) is 113 Å². The van der Waals surface area contributed by atoms with E-state index in [0.29, 0.717) is 37.1 Å². The van der Waals surface area contributed by atoms with Crippen molar-refractivity contribution in [2.24, 2.45) is 23.7 Å². The summed E-state index contributed by atoms with van der Waals surface area (Å²) >= 11 is 0. The largest absolute Gasteiger partial charge is 0.461 e. The third-order valence-electron chi connectivity index (χ3n) is 10.3. The molecule has 2 heterocycles. The lowest BCUT2D eigenvalue weighted by atomic mass is 9.61. The average Bonchev–Trinajstić information content (AvgIpc) is 3.10. The smallest absolute Gasteiger partial charge is 0.444 e. The number of likely N-dealkylation sites (tertiary alicyclic amines) is 1. The minimum absolute atomic E-state index is 0.101. The first-order valence-electron chi connectivity index (χ1n) is 15.9. The summed E-state index contributed by atoms with van der Waals surface area (Å²) in [5, 5.41) is 2.97. The van der Waals surface area contributed by atoms with E-state index in [9.17, 15) is 14.0 Å². The second kappa shape index (κ2) is 12.5. The van der Waals surface area contributed by atoms with E-state index in [1.165, 1.54) is 12.8 Å². The van der Waals surface area contributed by atoms with Crippen LogP contribution >= 0.6 is 0 Å². The summed E-state index contributed by atoms with van der Waals surface area (Å²) in [4.78, 5) is 27.3. The summed E-state index contributed by atoms with van der Waals surface area (Å²) in [6, 6.07) is 0. The predicted molar refractivity (Wildman–Crippen MR) is 156 cm³/mol. The van der Waals surface area contributed by atoms with Crippen molar-refractivity contribution >= 4 is 19.1 Å². The molecule has 0 spiro atoms. The van der Waals surface area contributed by atoms with Gasteiger partial charge in [-0.25, -0.2) is 9.18 Å². The fourth-order valence-corrected chi connectivity index (χ4v) is 7.26. The Labute approximate surface area is 242 Å². The number of ether oxygens (including phenoxy) is 1. The van der Waals surface area contributed by atoms with E-state index in [2.05, 4.69) is 5.32 Å². The number of amides is 2. The predicted octanol–water partition coefficient (Wildman–Crippen LogP) is 6.55. The number of carbonyl (C=O) groups excluding carboxylic acids is 2. The van der Waals surface area contributed by atoms with Gasteiger partial charge in [-0.05, 0) is 123 Å². The van der Waals surface area contributed by atoms with Gasteiger partial charge in [-0.3, -0.25) is 4.79 Å². The number of alkyl halides is 1. The Kier molecular flexibility index (Phi) is 9.86. The number of hydrogen-bond acceptors (Lipinski definition) is 5. The molecule has 0 radical (unpaired) electrons. The van der Waals surface area contributed by atoms with Crippen molar-refractivity contribution in [3.05, 3.63) is 0 Å². The minimum atomic E-state index is -0.936. The van der Waals surface area contributed by atoms with Crippen LogP contribution in [0.3, 0.4) is 0 Å². The van der Waals surface area contributed by atoms with E-state index in [0.717, 1.165) is 45.2 Å². The number of rotatable bonds is 6. The molecule has 0 aromatic carbocycles. The second-order valence-electron chi connectivity index (χ2n) is 15.1. The Morgan fingerprint density at radius 3 is 2.23 bits per heavy atom. The first kappa shape index (κ1) is 31.6. The average molecular weight is 565 g/mol. The molecule has 0 aromatic heterocycles. The van der Waals surface area contributed by atoms with Gasteiger partial charge in [-0.1, -0.05) is 12.8 Å². The maximum absolute atomic E-state index is 15.0. The first-order chi connectivity index (χ1) is 18.6. The molecule has 40 heavy (non-hydrogen) atoms. The summed E-state index contributed by atoms with van der Waals surface area (Å²) < 4.78 is 32.9. The highest BCUT2D eigenvalue weighted by Gasteiger charge is 2.54. The van der Waals surface area contributed by atoms with Gasteiger partial charge < -0.3 is 24.3 Å². The Balaban J connectivity index is 1.21. The fourth-order valence-electron chi connectivity index (χ4n) is 7.26. The van der Waals surface area contributed by atoms with E-state index in [1.807, 2.05) is 53.4 Å². The van der Waals surface area contributed by atoms with Crippen LogP contribution in [0, 0.1) is 23.7 Å². The molecule has 5 atom stereocenters. The van der Waals surface area contributed by atoms with E-state index in [1.54, 1.807) is 0 Å². The van der Waals surface area contributed by atoms with Crippen molar-refractivity contribution in [3.63, 3.8) is 0 Å². The summed E-state index contributed by atoms with van der Waals surface area (Å²) in [5.41, 5.74) is -1.28. The SMILES string of the molecule is CC(C)(C)OC(=O)NCC1CCCC(C2CCN(C(=O)CC3CC(B4OC(C)(C)C(C)(C)O4)CCC3F)CC2)C1. The number of hydrogen-bond donors (Lipinski definition) is 1. The maximum Gasteiger partial charge on any atom is 0.461 e. The van der Waals surface area contributed by atoms with Crippen LogP contribution in [0.5, 0.6) is 0 Å². The van der Waals surface area contributed by atoms with E-state index in [4.69, 9.17) is 14.0 Å². The summed E-state index contributed by atoms with van der Waals surface area (Å²) in [6.45, 7) is 16.0. The molecular weight excluding hydrogens is 510 g/mol. The molecule has 4 fully saturated rings. The third-order valence-corrected chi connectivity index (χ3v) is 10.3. The Morgan fingerprint density at radius 1 is 0.950 bits per heavy atom. The van der Waals surface area contributed by atoms with Crippen molar-refractivity contribution in [1.82, 2.24) is 10.2 Å². The number of nitrogens with one attached hydrogen (secondary N) is 1. The van der Waals surface area contributed by atoms with Gasteiger partial charge in [0.25, 0.3) is 0 Å². The van der Waals surface area contributed by atoms with Gasteiger partial charge >= 0.3 is 13.2 Å². The minimum Gasteiger partial charge on any atom is -0.444 e. The van der Waals surface area contributed by atoms with Gasteiger partial charge in [0.15, 0.2) is 0 Å². The van der Waals surface area contributed by atoms with Crippen molar-refractivity contribution in [1.29, 1.82) is 0 Å². The topological polar surface area (TPSA) is 77.1 Å². The lowest BCUT2D eigenvalue weighted by molar-refractivity contribution is -0.134. The highest BCUT2D eigenvalue weighted by molar-refractivity contribution is 6.47. The van der Waals surface area contributed by atoms with Crippen LogP contribution < -0.4 is 5.32 Å². The lowest BCUT2D eigenvalue weighted by Gasteiger charge is -2.40. The Bertz CT molecular complexity index is 869. The van der Waals surface area contributed by atoms with Gasteiger partial charge in [-0.2, -0.15) is 0 Å². The number of alkyl carbamates (subject to hydrolysis) is 1. The van der Waals surface area contributed by atoms with E-state index in [-0.39, 0.29) is 37.3 Å². The number of carbonyl (C=O) groups is 2. The second-order valence-corrected chi connectivity index (χ2v) is 15.1. The molecule has 2 aliphatic carbocycles. The Morgan fingerprint density at radius 2 is 1.60 bits per heavy atom. The molecule has 0 aromatic rings. The normalized spacial score (nSPS) is 33.0. The summed E-state index contributed by atoms with van der Waals surface area (Å²) in [7, 11) is -0.329. The van der Waals surface area contributed by atoms with Crippen molar-refractivity contribution in [3.8, 4) is 0 Å². The standard InChI is InChI=1S/C31H54BFN2O5/c1-29(2,3)38-28(37)34-20-21-9-8-10-23(17-21)22-13-15-35(16-14-22)27(36)19-24-18-25(11-12-26(24)33)32-39-30(4,5)31(6,7)40-32/h21-26H,8-20H2,1-7H3,(H,34,37). The molecule has 2 aliphatic heterocycles. The zero-order valence-corrected chi connectivity index (χ0v) is 26.1. The molecule has 0 bridgehead atoms. The molecule has 228 valence electrons. The van der Waals surface area contributed by atoms with Crippen LogP contribution in [0.25, 0.3) is 0 Å². The molecule has 2 saturated carbocycles. The monoisotopic (exact) mass is 564 g/mol. The lowest BCUT2D eigenvalue weighted by Crippen LogP contribution is -2.43. The first-order valence-corrected chi connectivity index (χ1v) is 15.9. The fraction of sp³-hybridized carbons (Fsp3) is 0.935. The van der Waals surface area contributed by atoms with Crippen molar-refractivity contribution < 1.29 is 28.0 Å².